The molecule has 1 aliphatic carbocycles. The minimum absolute atomic E-state index is 0.531. The lowest BCUT2D eigenvalue weighted by molar-refractivity contribution is 0.436. The molecule has 0 saturated carbocycles. The molecule has 9 heteroatoms. The summed E-state index contributed by atoms with van der Waals surface area (Å²) in [6.07, 6.45) is 3.91. The number of nitrogens with zero attached hydrogens (tertiary/aromatic N) is 7. The fraction of sp³-hybridized carbons (Fsp3) is 0.0164. The van der Waals surface area contributed by atoms with Crippen molar-refractivity contribution >= 4 is 72.0 Å². The number of pyridine rings is 2. The Morgan fingerprint density at radius 2 is 0.843 bits per heavy atom. The van der Waals surface area contributed by atoms with Crippen molar-refractivity contribution in [2.24, 2.45) is 0 Å². The highest BCUT2D eigenvalue weighted by molar-refractivity contribution is 6.12. The molecule has 6 heterocycles. The molecule has 2 aliphatic heterocycles. The van der Waals surface area contributed by atoms with Crippen LogP contribution in [0.15, 0.2) is 200 Å². The topological polar surface area (TPSA) is 66.1 Å². The maximum absolute atomic E-state index is 7.88. The molecule has 1 atom stereocenters. The van der Waals surface area contributed by atoms with Gasteiger partial charge in [-0.05, 0) is 108 Å². The Balaban J connectivity index is 1.06. The number of rotatable bonds is 3. The van der Waals surface area contributed by atoms with Gasteiger partial charge >= 0.3 is 0 Å². The van der Waals surface area contributed by atoms with Gasteiger partial charge in [0.25, 0.3) is 0 Å². The smallest absolute Gasteiger partial charge is 0.188 e. The molecule has 15 rings (SSSR count). The van der Waals surface area contributed by atoms with E-state index < -0.39 is 5.41 Å². The standard InChI is InChI=1S/C61H33N7O2/c1-62-36-23-26-51-43(29-36)44-30-37(63-2)24-27-52(44)68(51)40-33-48-60(65-35-40)59-47(32-39(34-64-59)67-49-16-6-3-13-41(49)42-14-4-7-17-50(42)67)61(48)45-15-5-10-20-55(45)69-56-28-25-38(31-46(56)61)66-53-18-8-11-21-57(53)70-58-22-12-9-19-54(58)66/h3-35H. The zero-order valence-electron chi connectivity index (χ0n) is 37.0. The van der Waals surface area contributed by atoms with Crippen LogP contribution in [-0.4, -0.2) is 19.1 Å². The van der Waals surface area contributed by atoms with Crippen LogP contribution in [0, 0.1) is 13.1 Å². The summed E-state index contributed by atoms with van der Waals surface area (Å²) in [5.41, 5.74) is 14.0. The lowest BCUT2D eigenvalue weighted by Crippen LogP contribution is -2.33. The van der Waals surface area contributed by atoms with E-state index in [-0.39, 0.29) is 0 Å². The second kappa shape index (κ2) is 14.0. The molecule has 1 spiro atoms. The number of para-hydroxylation sites is 7. The van der Waals surface area contributed by atoms with Crippen molar-refractivity contribution in [1.29, 1.82) is 0 Å². The average Bonchev–Trinajstić information content (AvgIpc) is 4.03. The van der Waals surface area contributed by atoms with Gasteiger partial charge in [-0.2, -0.15) is 0 Å². The molecule has 9 nitrogen and oxygen atoms in total. The number of benzene rings is 8. The molecule has 0 bridgehead atoms. The van der Waals surface area contributed by atoms with Gasteiger partial charge in [0.1, 0.15) is 11.5 Å². The van der Waals surface area contributed by atoms with E-state index in [2.05, 4.69) is 133 Å². The molecule has 0 saturated heterocycles. The minimum Gasteiger partial charge on any atom is -0.457 e. The summed E-state index contributed by atoms with van der Waals surface area (Å²) in [5.74, 6) is 2.99. The van der Waals surface area contributed by atoms with Crippen LogP contribution < -0.4 is 14.4 Å². The van der Waals surface area contributed by atoms with Crippen LogP contribution in [0.1, 0.15) is 22.3 Å². The first kappa shape index (κ1) is 38.2. The molecule has 4 aromatic heterocycles. The number of aromatic nitrogens is 4. The van der Waals surface area contributed by atoms with Crippen molar-refractivity contribution in [2.45, 2.75) is 5.41 Å². The third-order valence-corrected chi connectivity index (χ3v) is 14.4. The quantitative estimate of drug-likeness (QED) is 0.165. The van der Waals surface area contributed by atoms with Crippen molar-refractivity contribution in [3.8, 4) is 45.8 Å². The van der Waals surface area contributed by atoms with Gasteiger partial charge in [-0.25, -0.2) is 9.69 Å². The molecule has 70 heavy (non-hydrogen) atoms. The highest BCUT2D eigenvalue weighted by Crippen LogP contribution is 2.63. The highest BCUT2D eigenvalue weighted by atomic mass is 16.5. The number of anilines is 3. The van der Waals surface area contributed by atoms with E-state index in [1.807, 2.05) is 91.3 Å². The van der Waals surface area contributed by atoms with Crippen LogP contribution in [0.4, 0.5) is 28.4 Å². The van der Waals surface area contributed by atoms with Crippen molar-refractivity contribution in [1.82, 2.24) is 19.1 Å². The van der Waals surface area contributed by atoms with Crippen LogP contribution >= 0.6 is 0 Å². The molecule has 12 aromatic rings. The third kappa shape index (κ3) is 5.02. The fourth-order valence-electron chi connectivity index (χ4n) is 11.6. The SMILES string of the molecule is [C-]#[N+]c1ccc2c(c1)c1cc([N+]#[C-])ccc1n2-c1cnc2c(c1)C1(c3ccccc3Oc3ccc(N4c5ccccc5Oc5ccccc54)cc31)c1cc(-n3c4ccccc4c4ccccc43)cnc1-2. The zero-order valence-corrected chi connectivity index (χ0v) is 37.0. The Morgan fingerprint density at radius 1 is 0.386 bits per heavy atom. The molecule has 1 unspecified atom stereocenters. The molecule has 0 radical (unpaired) electrons. The van der Waals surface area contributed by atoms with Gasteiger partial charge in [-0.15, -0.1) is 0 Å². The van der Waals surface area contributed by atoms with E-state index >= 15 is 0 Å². The first-order valence-corrected chi connectivity index (χ1v) is 23.0. The van der Waals surface area contributed by atoms with E-state index in [0.717, 1.165) is 118 Å². The maximum atomic E-state index is 7.88. The Kier molecular flexibility index (Phi) is 7.65. The van der Waals surface area contributed by atoms with Gasteiger partial charge in [-0.1, -0.05) is 91.0 Å². The summed E-state index contributed by atoms with van der Waals surface area (Å²) in [4.78, 5) is 20.7. The first-order chi connectivity index (χ1) is 34.6. The average molecular weight is 896 g/mol. The van der Waals surface area contributed by atoms with E-state index in [0.29, 0.717) is 11.4 Å². The molecule has 0 fully saturated rings. The van der Waals surface area contributed by atoms with Gasteiger partial charge < -0.3 is 23.5 Å². The molecule has 0 amide bonds. The predicted octanol–water partition coefficient (Wildman–Crippen LogP) is 15.8. The third-order valence-electron chi connectivity index (χ3n) is 14.4. The highest BCUT2D eigenvalue weighted by Gasteiger charge is 2.53. The Morgan fingerprint density at radius 3 is 1.41 bits per heavy atom. The molecular formula is C61H33N7O2. The summed E-state index contributed by atoms with van der Waals surface area (Å²) < 4.78 is 18.0. The van der Waals surface area contributed by atoms with Gasteiger partial charge in [-0.3, -0.25) is 9.97 Å². The number of hydrogen-bond acceptors (Lipinski definition) is 5. The van der Waals surface area contributed by atoms with Crippen LogP contribution in [0.2, 0.25) is 0 Å². The Hall–Kier alpha value is -9.96. The number of fused-ring (bicyclic) bond motifs is 17. The summed E-state index contributed by atoms with van der Waals surface area (Å²) in [6.45, 7) is 15.8. The van der Waals surface area contributed by atoms with E-state index in [1.54, 1.807) is 0 Å². The second-order valence-corrected chi connectivity index (χ2v) is 17.9. The van der Waals surface area contributed by atoms with Crippen LogP contribution in [0.3, 0.4) is 0 Å². The van der Waals surface area contributed by atoms with Crippen molar-refractivity contribution in [3.05, 3.63) is 246 Å². The fourth-order valence-corrected chi connectivity index (χ4v) is 11.6. The van der Waals surface area contributed by atoms with Gasteiger partial charge in [0.2, 0.25) is 0 Å². The molecule has 3 aliphatic rings. The van der Waals surface area contributed by atoms with Gasteiger partial charge in [0, 0.05) is 38.7 Å². The molecule has 0 N–H and O–H groups in total. The molecule has 324 valence electrons. The molecular weight excluding hydrogens is 863 g/mol. The molecule has 8 aromatic carbocycles. The first-order valence-electron chi connectivity index (χ1n) is 23.0. The summed E-state index contributed by atoms with van der Waals surface area (Å²) >= 11 is 0. The maximum Gasteiger partial charge on any atom is 0.188 e. The largest absolute Gasteiger partial charge is 0.457 e. The van der Waals surface area contributed by atoms with E-state index in [4.69, 9.17) is 32.6 Å². The monoisotopic (exact) mass is 895 g/mol. The number of hydrogen-bond donors (Lipinski definition) is 0. The van der Waals surface area contributed by atoms with Crippen molar-refractivity contribution in [2.75, 3.05) is 4.90 Å². The van der Waals surface area contributed by atoms with E-state index in [9.17, 15) is 0 Å². The van der Waals surface area contributed by atoms with Crippen molar-refractivity contribution in [3.63, 3.8) is 0 Å². The second-order valence-electron chi connectivity index (χ2n) is 17.9. The number of ether oxygens (including phenoxy) is 2. The normalized spacial score (nSPS) is 14.8. The Labute approximate surface area is 400 Å². The van der Waals surface area contributed by atoms with Gasteiger partial charge in [0.15, 0.2) is 22.9 Å². The summed E-state index contributed by atoms with van der Waals surface area (Å²) in [6, 6.07) is 64.4. The Bertz CT molecular complexity index is 4210. The predicted molar refractivity (Wildman–Crippen MR) is 275 cm³/mol. The van der Waals surface area contributed by atoms with E-state index in [1.165, 1.54) is 10.8 Å². The van der Waals surface area contributed by atoms with Crippen LogP contribution in [0.5, 0.6) is 23.0 Å². The van der Waals surface area contributed by atoms with Gasteiger partial charge in [0.05, 0.1) is 87.2 Å². The van der Waals surface area contributed by atoms with Crippen molar-refractivity contribution < 1.29 is 9.47 Å². The minimum atomic E-state index is -1.01. The lowest BCUT2D eigenvalue weighted by Gasteiger charge is -2.40. The zero-order chi connectivity index (χ0) is 46.2. The van der Waals surface area contributed by atoms with Crippen LogP contribution in [0.25, 0.3) is 76.1 Å². The van der Waals surface area contributed by atoms with Crippen LogP contribution in [-0.2, 0) is 5.41 Å². The lowest BCUT2D eigenvalue weighted by atomic mass is 9.66. The summed E-state index contributed by atoms with van der Waals surface area (Å²) in [7, 11) is 0. The summed E-state index contributed by atoms with van der Waals surface area (Å²) in [5, 5.41) is 4.11.